The Hall–Kier alpha value is -3.21. The van der Waals surface area contributed by atoms with Crippen molar-refractivity contribution >= 4 is 41.6 Å². The Kier molecular flexibility index (Phi) is 28.9. The fourth-order valence-electron chi connectivity index (χ4n) is 8.84. The van der Waals surface area contributed by atoms with E-state index in [4.69, 9.17) is 9.98 Å². The van der Waals surface area contributed by atoms with Gasteiger partial charge in [-0.05, 0) is 164 Å². The van der Waals surface area contributed by atoms with Crippen LogP contribution in [0.15, 0.2) is 70.6 Å². The standard InChI is InChI=1S/C42H68N2.C17H24O2Si.Ni/c1-7-13-18-19-20-21-22-23-28-42(44-40-32-30-36(25-15-9-3)38(34-40)27-17-11-5)41(12-6)43-39-31-29-35(24-14-8-2)37(33-39)26-16-10-4;1-5-6-12-7-8-13(11-20(2,3)4)15-10-17(19)16(18)9-14(12)15;/h29-34H,7-28H2,1-6H3;7-10,18-19H,5-6,11H2,1-4H3;. The van der Waals surface area contributed by atoms with Gasteiger partial charge in [0.25, 0.3) is 0 Å². The first-order valence-electron chi connectivity index (χ1n) is 26.3. The molecule has 0 aliphatic rings. The van der Waals surface area contributed by atoms with E-state index in [1.54, 1.807) is 12.1 Å². The summed E-state index contributed by atoms with van der Waals surface area (Å²) in [6.45, 7) is 22.9. The van der Waals surface area contributed by atoms with E-state index < -0.39 is 8.07 Å². The van der Waals surface area contributed by atoms with E-state index >= 15 is 0 Å². The van der Waals surface area contributed by atoms with Gasteiger partial charge in [0, 0.05) is 24.6 Å². The van der Waals surface area contributed by atoms with Crippen molar-refractivity contribution in [2.75, 3.05) is 0 Å². The van der Waals surface area contributed by atoms with Gasteiger partial charge in [-0.25, -0.2) is 0 Å². The number of aliphatic imine (C=N–C) groups is 2. The molecule has 0 fully saturated rings. The molecule has 4 aromatic rings. The first-order chi connectivity index (χ1) is 30.9. The number of unbranched alkanes of at least 4 members (excludes halogenated alkanes) is 11. The van der Waals surface area contributed by atoms with Crippen molar-refractivity contribution in [3.63, 3.8) is 0 Å². The molecule has 65 heavy (non-hydrogen) atoms. The number of hydrogen-bond donors (Lipinski definition) is 2. The second kappa shape index (κ2) is 32.5. The molecule has 6 heteroatoms. The third kappa shape index (κ3) is 21.1. The van der Waals surface area contributed by atoms with E-state index in [9.17, 15) is 10.2 Å². The molecule has 0 aliphatic carbocycles. The van der Waals surface area contributed by atoms with Gasteiger partial charge in [0.15, 0.2) is 11.5 Å². The third-order valence-electron chi connectivity index (χ3n) is 12.6. The molecule has 2 N–H and O–H groups in total. The number of benzene rings is 4. The minimum atomic E-state index is -1.23. The van der Waals surface area contributed by atoms with Crippen LogP contribution in [0, 0.1) is 0 Å². The Balaban J connectivity index is 0.000000574. The molecule has 4 rings (SSSR count). The van der Waals surface area contributed by atoms with E-state index in [1.165, 1.54) is 160 Å². The van der Waals surface area contributed by atoms with Gasteiger partial charge in [-0.3, -0.25) is 9.98 Å². The largest absolute Gasteiger partial charge is 0.504 e. The molecular weight excluding hydrogens is 855 g/mol. The number of phenolic OH excluding ortho intramolecular Hbond substituents is 2. The van der Waals surface area contributed by atoms with Crippen LogP contribution in [0.25, 0.3) is 10.8 Å². The van der Waals surface area contributed by atoms with Crippen LogP contribution in [0.4, 0.5) is 11.4 Å². The average Bonchev–Trinajstić information content (AvgIpc) is 3.27. The summed E-state index contributed by atoms with van der Waals surface area (Å²) in [5.41, 5.74) is 13.2. The molecule has 0 spiro atoms. The molecule has 364 valence electrons. The number of aryl methyl sites for hydroxylation is 5. The number of fused-ring (bicyclic) bond motifs is 1. The van der Waals surface area contributed by atoms with Crippen LogP contribution < -0.4 is 0 Å². The predicted molar refractivity (Wildman–Crippen MR) is 287 cm³/mol. The Morgan fingerprint density at radius 3 is 1.26 bits per heavy atom. The molecule has 0 saturated carbocycles. The molecule has 0 atom stereocenters. The Morgan fingerprint density at radius 1 is 0.415 bits per heavy atom. The molecule has 0 unspecified atom stereocenters. The van der Waals surface area contributed by atoms with Crippen LogP contribution in [0.1, 0.15) is 204 Å². The fraction of sp³-hybridized carbons (Fsp3) is 0.593. The van der Waals surface area contributed by atoms with Gasteiger partial charge in [-0.2, -0.15) is 0 Å². The molecule has 0 aliphatic heterocycles. The fourth-order valence-corrected chi connectivity index (χ4v) is 10.3. The second-order valence-corrected chi connectivity index (χ2v) is 25.2. The van der Waals surface area contributed by atoms with E-state index in [-0.39, 0.29) is 28.0 Å². The maximum atomic E-state index is 9.82. The van der Waals surface area contributed by atoms with Gasteiger partial charge >= 0.3 is 0 Å². The normalized spacial score (nSPS) is 12.0. The van der Waals surface area contributed by atoms with Crippen molar-refractivity contribution in [3.05, 3.63) is 94.0 Å². The zero-order valence-corrected chi connectivity index (χ0v) is 45.0. The van der Waals surface area contributed by atoms with Crippen LogP contribution in [-0.2, 0) is 54.6 Å². The van der Waals surface area contributed by atoms with Crippen molar-refractivity contribution < 1.29 is 26.7 Å². The maximum absolute atomic E-state index is 9.82. The van der Waals surface area contributed by atoms with E-state index in [2.05, 4.69) is 117 Å². The molecule has 0 heterocycles. The van der Waals surface area contributed by atoms with Crippen LogP contribution >= 0.6 is 0 Å². The summed E-state index contributed by atoms with van der Waals surface area (Å²) in [4.78, 5) is 10.7. The van der Waals surface area contributed by atoms with Crippen molar-refractivity contribution in [3.8, 4) is 11.5 Å². The summed E-state index contributed by atoms with van der Waals surface area (Å²) in [5.74, 6) is -0.0528. The summed E-state index contributed by atoms with van der Waals surface area (Å²) in [6, 6.07) is 22.9. The van der Waals surface area contributed by atoms with Gasteiger partial charge in [-0.15, -0.1) is 0 Å². The predicted octanol–water partition coefficient (Wildman–Crippen LogP) is 18.5. The average molecular weight is 948 g/mol. The van der Waals surface area contributed by atoms with Crippen LogP contribution in [0.2, 0.25) is 19.6 Å². The number of nitrogens with zero attached hydrogens (tertiary/aromatic N) is 2. The van der Waals surface area contributed by atoms with Crippen molar-refractivity contribution in [2.24, 2.45) is 9.98 Å². The van der Waals surface area contributed by atoms with Gasteiger partial charge < -0.3 is 10.2 Å². The Bertz CT molecular complexity index is 2010. The summed E-state index contributed by atoms with van der Waals surface area (Å²) >= 11 is 0. The van der Waals surface area contributed by atoms with Crippen molar-refractivity contribution in [1.29, 1.82) is 0 Å². The molecule has 0 aromatic heterocycles. The van der Waals surface area contributed by atoms with E-state index in [0.29, 0.717) is 0 Å². The van der Waals surface area contributed by atoms with Crippen molar-refractivity contribution in [2.45, 2.75) is 228 Å². The van der Waals surface area contributed by atoms with E-state index in [1.807, 2.05) is 0 Å². The van der Waals surface area contributed by atoms with Gasteiger partial charge in [0.05, 0.1) is 22.8 Å². The smallest absolute Gasteiger partial charge is 0.158 e. The van der Waals surface area contributed by atoms with Gasteiger partial charge in [0.2, 0.25) is 0 Å². The first-order valence-corrected chi connectivity index (χ1v) is 30.0. The molecule has 4 aromatic carbocycles. The number of rotatable bonds is 29. The molecule has 0 saturated heterocycles. The summed E-state index contributed by atoms with van der Waals surface area (Å²) in [7, 11) is -1.23. The molecule has 0 amide bonds. The maximum Gasteiger partial charge on any atom is 0.158 e. The van der Waals surface area contributed by atoms with Crippen LogP contribution in [0.3, 0.4) is 0 Å². The van der Waals surface area contributed by atoms with Crippen molar-refractivity contribution in [1.82, 2.24) is 0 Å². The zero-order valence-electron chi connectivity index (χ0n) is 43.1. The first kappa shape index (κ1) is 57.9. The molecule has 0 bridgehead atoms. The SMILES string of the molecule is CCCCCCCCCCC(=Nc1ccc(CCCC)c(CCCC)c1)C(CC)=Nc1ccc(CCCC)c(CCCC)c1.CCCc1ccc(C[Si](C)(C)C)c2cc(O)c(O)cc12.[Ni]. The Morgan fingerprint density at radius 2 is 0.815 bits per heavy atom. The van der Waals surface area contributed by atoms with Crippen LogP contribution in [0.5, 0.6) is 11.5 Å². The van der Waals surface area contributed by atoms with E-state index in [0.717, 1.165) is 66.7 Å². The number of phenols is 2. The zero-order chi connectivity index (χ0) is 46.7. The second-order valence-electron chi connectivity index (χ2n) is 19.8. The van der Waals surface area contributed by atoms with Gasteiger partial charge in [0.1, 0.15) is 0 Å². The molecular formula is C59H92N2NiO2Si. The minimum Gasteiger partial charge on any atom is -0.504 e. The van der Waals surface area contributed by atoms with Gasteiger partial charge in [-0.1, -0.05) is 169 Å². The summed E-state index contributed by atoms with van der Waals surface area (Å²) in [6.07, 6.45) is 29.3. The summed E-state index contributed by atoms with van der Waals surface area (Å²) < 4.78 is 0. The topological polar surface area (TPSA) is 65.2 Å². The number of hydrogen-bond acceptors (Lipinski definition) is 4. The Labute approximate surface area is 410 Å². The van der Waals surface area contributed by atoms with Crippen LogP contribution in [-0.4, -0.2) is 29.7 Å². The summed E-state index contributed by atoms with van der Waals surface area (Å²) in [5, 5.41) is 21.8. The minimum absolute atomic E-state index is 0. The quantitative estimate of drug-likeness (QED) is 0.0246. The monoisotopic (exact) mass is 947 g/mol. The third-order valence-corrected chi connectivity index (χ3v) is 14.0. The molecule has 0 radical (unpaired) electrons. The number of aromatic hydroxyl groups is 2. The molecule has 4 nitrogen and oxygen atoms in total.